The summed E-state index contributed by atoms with van der Waals surface area (Å²) in [4.78, 5) is 11.6. The molecule has 1 saturated carbocycles. The second-order valence-electron chi connectivity index (χ2n) is 8.95. The van der Waals surface area contributed by atoms with Crippen LogP contribution in [0.1, 0.15) is 38.7 Å². The number of ether oxygens (including phenoxy) is 2. The van der Waals surface area contributed by atoms with Gasteiger partial charge in [-0.25, -0.2) is 4.98 Å². The molecule has 0 atom stereocenters. The van der Waals surface area contributed by atoms with Crippen LogP contribution in [-0.2, 0) is 6.54 Å². The molecule has 1 fully saturated rings. The first-order chi connectivity index (χ1) is 16.1. The first-order valence-corrected chi connectivity index (χ1v) is 11.7. The van der Waals surface area contributed by atoms with Gasteiger partial charge in [-0.3, -0.25) is 0 Å². The molecule has 7 heteroatoms. The van der Waals surface area contributed by atoms with Crippen molar-refractivity contribution in [1.29, 1.82) is 0 Å². The Balaban J connectivity index is 0.00000324. The normalized spacial score (nSPS) is 17.6. The Morgan fingerprint density at radius 1 is 0.971 bits per heavy atom. The van der Waals surface area contributed by atoms with Crippen molar-refractivity contribution in [1.82, 2.24) is 15.3 Å². The van der Waals surface area contributed by atoms with E-state index < -0.39 is 0 Å². The molecule has 0 aliphatic heterocycles. The van der Waals surface area contributed by atoms with Crippen LogP contribution in [0.25, 0.3) is 10.9 Å². The zero-order chi connectivity index (χ0) is 23.2. The van der Waals surface area contributed by atoms with Crippen LogP contribution < -0.4 is 25.0 Å². The maximum atomic E-state index is 5.49. The predicted octanol–water partition coefficient (Wildman–Crippen LogP) is 5.11. The molecule has 0 bridgehead atoms. The zero-order valence-corrected chi connectivity index (χ0v) is 20.1. The third kappa shape index (κ3) is 6.08. The molecular formula is C27H39N5O2. The molecule has 0 saturated heterocycles. The number of hydrogen-bond donors (Lipinski definition) is 2. The summed E-state index contributed by atoms with van der Waals surface area (Å²) in [5, 5.41) is 8.29. The maximum absolute atomic E-state index is 5.49. The number of methoxy groups -OCH3 is 2. The lowest BCUT2D eigenvalue weighted by molar-refractivity contribution is 0.322. The van der Waals surface area contributed by atoms with Gasteiger partial charge in [0.1, 0.15) is 17.3 Å². The van der Waals surface area contributed by atoms with Crippen molar-refractivity contribution >= 4 is 22.7 Å². The summed E-state index contributed by atoms with van der Waals surface area (Å²) in [6.45, 7) is 1.78. The minimum atomic E-state index is 0. The van der Waals surface area contributed by atoms with E-state index in [1.807, 2.05) is 44.4 Å². The van der Waals surface area contributed by atoms with E-state index in [-0.39, 0.29) is 7.43 Å². The Morgan fingerprint density at radius 2 is 1.74 bits per heavy atom. The Kier molecular flexibility index (Phi) is 8.93. The zero-order valence-electron chi connectivity index (χ0n) is 20.1. The summed E-state index contributed by atoms with van der Waals surface area (Å²) in [6, 6.07) is 14.5. The lowest BCUT2D eigenvalue weighted by atomic mass is 9.86. The standard InChI is InChI=1S/C26H35N5O2.CH4/c1-31(2)25-22-7-5-6-8-23(22)29-26(30-25)28-20-11-9-18(10-12-20)16-27-17-19-15-21(32-3)13-14-24(19)33-4;/h5-8,13-15,18,20,27H,9-12,16-17H2,1-4H3,(H,28,29,30);1H4. The Hall–Kier alpha value is -3.06. The van der Waals surface area contributed by atoms with E-state index in [1.165, 1.54) is 12.8 Å². The quantitative estimate of drug-likeness (QED) is 0.455. The molecule has 1 aliphatic rings. The molecule has 184 valence electrons. The van der Waals surface area contributed by atoms with E-state index in [0.29, 0.717) is 12.0 Å². The largest absolute Gasteiger partial charge is 0.497 e. The molecule has 34 heavy (non-hydrogen) atoms. The van der Waals surface area contributed by atoms with Gasteiger partial charge in [-0.2, -0.15) is 4.98 Å². The molecular weight excluding hydrogens is 426 g/mol. The van der Waals surface area contributed by atoms with Crippen LogP contribution in [0.4, 0.5) is 11.8 Å². The summed E-state index contributed by atoms with van der Waals surface area (Å²) < 4.78 is 10.8. The fourth-order valence-corrected chi connectivity index (χ4v) is 4.59. The Labute approximate surface area is 203 Å². The molecule has 2 N–H and O–H groups in total. The van der Waals surface area contributed by atoms with Gasteiger partial charge in [0.05, 0.1) is 19.7 Å². The van der Waals surface area contributed by atoms with Crippen molar-refractivity contribution in [2.75, 3.05) is 45.1 Å². The Bertz CT molecular complexity index is 1060. The lowest BCUT2D eigenvalue weighted by Crippen LogP contribution is -2.31. The molecule has 1 aliphatic carbocycles. The van der Waals surface area contributed by atoms with Crippen LogP contribution in [-0.4, -0.2) is 50.9 Å². The molecule has 2 aromatic carbocycles. The minimum Gasteiger partial charge on any atom is -0.497 e. The van der Waals surface area contributed by atoms with Gasteiger partial charge in [0, 0.05) is 37.6 Å². The summed E-state index contributed by atoms with van der Waals surface area (Å²) >= 11 is 0. The van der Waals surface area contributed by atoms with Crippen LogP contribution in [0, 0.1) is 5.92 Å². The molecule has 0 amide bonds. The number of fused-ring (bicyclic) bond motifs is 1. The van der Waals surface area contributed by atoms with E-state index >= 15 is 0 Å². The number of hydrogen-bond acceptors (Lipinski definition) is 7. The SMILES string of the molecule is C.COc1ccc(OC)c(CNCC2CCC(Nc3nc(N(C)C)c4ccccc4n3)CC2)c1. The third-order valence-corrected chi connectivity index (χ3v) is 6.42. The van der Waals surface area contributed by atoms with Gasteiger partial charge in [0.2, 0.25) is 5.95 Å². The summed E-state index contributed by atoms with van der Waals surface area (Å²) in [6.07, 6.45) is 4.63. The molecule has 0 spiro atoms. The number of nitrogens with one attached hydrogen (secondary N) is 2. The van der Waals surface area contributed by atoms with Gasteiger partial charge in [-0.05, 0) is 68.5 Å². The van der Waals surface area contributed by atoms with Gasteiger partial charge in [0.15, 0.2) is 0 Å². The van der Waals surface area contributed by atoms with Gasteiger partial charge >= 0.3 is 0 Å². The summed E-state index contributed by atoms with van der Waals surface area (Å²) in [5.41, 5.74) is 2.10. The fraction of sp³-hybridized carbons (Fsp3) is 0.481. The van der Waals surface area contributed by atoms with Gasteiger partial charge in [0.25, 0.3) is 0 Å². The topological polar surface area (TPSA) is 71.5 Å². The molecule has 1 heterocycles. The Morgan fingerprint density at radius 3 is 2.44 bits per heavy atom. The van der Waals surface area contributed by atoms with E-state index in [4.69, 9.17) is 19.4 Å². The molecule has 1 aromatic heterocycles. The second kappa shape index (κ2) is 11.9. The highest BCUT2D eigenvalue weighted by atomic mass is 16.5. The number of benzene rings is 2. The maximum Gasteiger partial charge on any atom is 0.225 e. The first-order valence-electron chi connectivity index (χ1n) is 11.7. The lowest BCUT2D eigenvalue weighted by Gasteiger charge is -2.29. The van der Waals surface area contributed by atoms with E-state index in [0.717, 1.165) is 65.7 Å². The average Bonchev–Trinajstić information content (AvgIpc) is 2.84. The van der Waals surface area contributed by atoms with Crippen molar-refractivity contribution in [2.45, 2.75) is 45.7 Å². The number of para-hydroxylation sites is 1. The van der Waals surface area contributed by atoms with Crippen molar-refractivity contribution in [3.05, 3.63) is 48.0 Å². The average molecular weight is 466 g/mol. The van der Waals surface area contributed by atoms with Crippen molar-refractivity contribution < 1.29 is 9.47 Å². The first kappa shape index (κ1) is 25.6. The molecule has 0 radical (unpaired) electrons. The summed E-state index contributed by atoms with van der Waals surface area (Å²) in [5.74, 6) is 4.10. The van der Waals surface area contributed by atoms with Gasteiger partial charge in [-0.15, -0.1) is 0 Å². The van der Waals surface area contributed by atoms with Crippen LogP contribution in [0.15, 0.2) is 42.5 Å². The molecule has 3 aromatic rings. The number of aromatic nitrogens is 2. The highest BCUT2D eigenvalue weighted by Gasteiger charge is 2.22. The molecule has 4 rings (SSSR count). The van der Waals surface area contributed by atoms with E-state index in [1.54, 1.807) is 14.2 Å². The monoisotopic (exact) mass is 465 g/mol. The van der Waals surface area contributed by atoms with Crippen LogP contribution in [0.2, 0.25) is 0 Å². The third-order valence-electron chi connectivity index (χ3n) is 6.42. The second-order valence-corrected chi connectivity index (χ2v) is 8.95. The predicted molar refractivity (Wildman–Crippen MR) is 141 cm³/mol. The van der Waals surface area contributed by atoms with Gasteiger partial charge < -0.3 is 25.0 Å². The van der Waals surface area contributed by atoms with Crippen LogP contribution in [0.3, 0.4) is 0 Å². The van der Waals surface area contributed by atoms with E-state index in [2.05, 4.69) is 27.7 Å². The minimum absolute atomic E-state index is 0. The van der Waals surface area contributed by atoms with Crippen LogP contribution >= 0.6 is 0 Å². The highest BCUT2D eigenvalue weighted by molar-refractivity contribution is 5.90. The van der Waals surface area contributed by atoms with Crippen molar-refractivity contribution in [3.63, 3.8) is 0 Å². The van der Waals surface area contributed by atoms with Crippen LogP contribution in [0.5, 0.6) is 11.5 Å². The van der Waals surface area contributed by atoms with Crippen molar-refractivity contribution in [2.24, 2.45) is 5.92 Å². The fourth-order valence-electron chi connectivity index (χ4n) is 4.59. The van der Waals surface area contributed by atoms with Gasteiger partial charge in [-0.1, -0.05) is 19.6 Å². The smallest absolute Gasteiger partial charge is 0.225 e. The van der Waals surface area contributed by atoms with Crippen molar-refractivity contribution in [3.8, 4) is 11.5 Å². The summed E-state index contributed by atoms with van der Waals surface area (Å²) in [7, 11) is 7.45. The molecule has 7 nitrogen and oxygen atoms in total. The number of rotatable bonds is 9. The number of nitrogens with zero attached hydrogens (tertiary/aromatic N) is 3. The van der Waals surface area contributed by atoms with E-state index in [9.17, 15) is 0 Å². The highest BCUT2D eigenvalue weighted by Crippen LogP contribution is 2.29. The molecule has 0 unspecified atom stereocenters. The number of anilines is 2.